The van der Waals surface area contributed by atoms with Gasteiger partial charge in [-0.25, -0.2) is 0 Å². The summed E-state index contributed by atoms with van der Waals surface area (Å²) in [6, 6.07) is 10.0. The van der Waals surface area contributed by atoms with Crippen LogP contribution in [0.1, 0.15) is 5.56 Å². The second kappa shape index (κ2) is 7.33. The molecule has 1 aromatic heterocycles. The third-order valence-corrected chi connectivity index (χ3v) is 4.68. The molecular weight excluding hydrogens is 308 g/mol. The Morgan fingerprint density at radius 2 is 1.96 bits per heavy atom. The number of ether oxygens (including phenoxy) is 1. The van der Waals surface area contributed by atoms with Gasteiger partial charge in [-0.3, -0.25) is 4.79 Å². The van der Waals surface area contributed by atoms with Gasteiger partial charge in [0.05, 0.1) is 12.8 Å². The zero-order chi connectivity index (χ0) is 16.1. The summed E-state index contributed by atoms with van der Waals surface area (Å²) >= 11 is 1.63. The maximum absolute atomic E-state index is 12.3. The van der Waals surface area contributed by atoms with E-state index in [-0.39, 0.29) is 5.91 Å². The minimum atomic E-state index is 0.0795. The number of piperazine rings is 1. The number of hydrogen-bond acceptors (Lipinski definition) is 4. The summed E-state index contributed by atoms with van der Waals surface area (Å²) in [5.41, 5.74) is 2.17. The predicted octanol–water partition coefficient (Wildman–Crippen LogP) is 3.12. The number of benzene rings is 1. The third kappa shape index (κ3) is 3.74. The van der Waals surface area contributed by atoms with E-state index in [9.17, 15) is 4.79 Å². The number of hydrogen-bond donors (Lipinski definition) is 0. The van der Waals surface area contributed by atoms with Crippen LogP contribution in [0.25, 0.3) is 6.08 Å². The molecule has 120 valence electrons. The zero-order valence-corrected chi connectivity index (χ0v) is 14.0. The van der Waals surface area contributed by atoms with E-state index >= 15 is 0 Å². The second-order valence-electron chi connectivity index (χ2n) is 5.37. The Kier molecular flexibility index (Phi) is 4.98. The van der Waals surface area contributed by atoms with Gasteiger partial charge in [0.2, 0.25) is 5.91 Å². The summed E-state index contributed by atoms with van der Waals surface area (Å²) in [5.74, 6) is 0.959. The highest BCUT2D eigenvalue weighted by molar-refractivity contribution is 7.08. The number of rotatable bonds is 4. The second-order valence-corrected chi connectivity index (χ2v) is 6.15. The van der Waals surface area contributed by atoms with Crippen molar-refractivity contribution in [3.05, 3.63) is 52.7 Å². The predicted molar refractivity (Wildman–Crippen MR) is 95.1 cm³/mol. The van der Waals surface area contributed by atoms with Crippen molar-refractivity contribution in [1.82, 2.24) is 4.90 Å². The molecule has 3 rings (SSSR count). The molecule has 0 bridgehead atoms. The Morgan fingerprint density at radius 1 is 1.17 bits per heavy atom. The Labute approximate surface area is 140 Å². The monoisotopic (exact) mass is 328 g/mol. The van der Waals surface area contributed by atoms with Gasteiger partial charge >= 0.3 is 0 Å². The molecule has 1 saturated heterocycles. The van der Waals surface area contributed by atoms with Crippen molar-refractivity contribution < 1.29 is 9.53 Å². The summed E-state index contributed by atoms with van der Waals surface area (Å²) in [6.45, 7) is 3.09. The van der Waals surface area contributed by atoms with Gasteiger partial charge in [-0.1, -0.05) is 12.1 Å². The van der Waals surface area contributed by atoms with E-state index < -0.39 is 0 Å². The molecule has 2 aromatic rings. The Balaban J connectivity index is 1.59. The number of thiophene rings is 1. The van der Waals surface area contributed by atoms with E-state index in [4.69, 9.17) is 4.74 Å². The number of carbonyl (C=O) groups is 1. The first-order chi connectivity index (χ1) is 11.3. The Morgan fingerprint density at radius 3 is 2.65 bits per heavy atom. The lowest BCUT2D eigenvalue weighted by molar-refractivity contribution is -0.126. The lowest BCUT2D eigenvalue weighted by Gasteiger charge is -2.36. The molecule has 1 amide bonds. The van der Waals surface area contributed by atoms with Crippen LogP contribution in [-0.2, 0) is 4.79 Å². The van der Waals surface area contributed by atoms with Crippen molar-refractivity contribution >= 4 is 29.0 Å². The molecule has 4 nitrogen and oxygen atoms in total. The quantitative estimate of drug-likeness (QED) is 0.809. The lowest BCUT2D eigenvalue weighted by Crippen LogP contribution is -2.48. The molecule has 0 N–H and O–H groups in total. The summed E-state index contributed by atoms with van der Waals surface area (Å²) in [7, 11) is 1.69. The topological polar surface area (TPSA) is 32.8 Å². The molecule has 1 aliphatic rings. The Hall–Kier alpha value is -2.27. The van der Waals surface area contributed by atoms with Crippen LogP contribution in [0.3, 0.4) is 0 Å². The minimum Gasteiger partial charge on any atom is -0.495 e. The van der Waals surface area contributed by atoms with Gasteiger partial charge in [0.25, 0.3) is 0 Å². The van der Waals surface area contributed by atoms with E-state index in [0.29, 0.717) is 0 Å². The molecule has 0 atom stereocenters. The van der Waals surface area contributed by atoms with Gasteiger partial charge < -0.3 is 14.5 Å². The fraction of sp³-hybridized carbons (Fsp3) is 0.278. The summed E-state index contributed by atoms with van der Waals surface area (Å²) in [6.07, 6.45) is 3.55. The van der Waals surface area contributed by atoms with Crippen molar-refractivity contribution in [2.24, 2.45) is 0 Å². The first kappa shape index (κ1) is 15.6. The number of carbonyl (C=O) groups excluding carboxylic acids is 1. The van der Waals surface area contributed by atoms with Crippen molar-refractivity contribution in [3.63, 3.8) is 0 Å². The smallest absolute Gasteiger partial charge is 0.246 e. The maximum Gasteiger partial charge on any atom is 0.246 e. The molecule has 5 heteroatoms. The fourth-order valence-corrected chi connectivity index (χ4v) is 3.33. The first-order valence-corrected chi connectivity index (χ1v) is 8.59. The normalized spacial score (nSPS) is 15.2. The summed E-state index contributed by atoms with van der Waals surface area (Å²) in [5, 5.41) is 4.04. The average Bonchev–Trinajstić information content (AvgIpc) is 3.13. The zero-order valence-electron chi connectivity index (χ0n) is 13.1. The number of amides is 1. The molecule has 0 unspecified atom stereocenters. The largest absolute Gasteiger partial charge is 0.495 e. The van der Waals surface area contributed by atoms with Crippen LogP contribution < -0.4 is 9.64 Å². The molecule has 0 radical (unpaired) electrons. The lowest BCUT2D eigenvalue weighted by atomic mass is 10.2. The highest BCUT2D eigenvalue weighted by Crippen LogP contribution is 2.28. The van der Waals surface area contributed by atoms with Crippen LogP contribution in [0.15, 0.2) is 47.2 Å². The standard InChI is InChI=1S/C18H20N2O2S/c1-22-17-5-3-2-4-16(17)19-9-11-20(12-10-19)18(21)7-6-15-8-13-23-14-15/h2-8,13-14H,9-12H2,1H3/b7-6+. The molecule has 2 heterocycles. The third-order valence-electron chi connectivity index (χ3n) is 3.98. The van der Waals surface area contributed by atoms with Crippen LogP contribution in [-0.4, -0.2) is 44.1 Å². The van der Waals surface area contributed by atoms with E-state index in [1.807, 2.05) is 46.0 Å². The van der Waals surface area contributed by atoms with E-state index in [2.05, 4.69) is 11.0 Å². The molecule has 1 aromatic carbocycles. The molecule has 0 spiro atoms. The van der Waals surface area contributed by atoms with Crippen molar-refractivity contribution in [2.45, 2.75) is 0 Å². The van der Waals surface area contributed by atoms with E-state index in [1.54, 1.807) is 24.5 Å². The molecule has 0 aliphatic carbocycles. The highest BCUT2D eigenvalue weighted by Gasteiger charge is 2.21. The molecule has 23 heavy (non-hydrogen) atoms. The summed E-state index contributed by atoms with van der Waals surface area (Å²) < 4.78 is 5.42. The Bertz CT molecular complexity index is 674. The van der Waals surface area contributed by atoms with Gasteiger partial charge in [-0.15, -0.1) is 0 Å². The molecule has 1 aliphatic heterocycles. The number of para-hydroxylation sites is 2. The molecule has 1 fully saturated rings. The average molecular weight is 328 g/mol. The maximum atomic E-state index is 12.3. The molecular formula is C18H20N2O2S. The van der Waals surface area contributed by atoms with E-state index in [1.165, 1.54) is 0 Å². The van der Waals surface area contributed by atoms with Gasteiger partial charge in [0, 0.05) is 32.3 Å². The van der Waals surface area contributed by atoms with Crippen molar-refractivity contribution in [1.29, 1.82) is 0 Å². The van der Waals surface area contributed by atoms with Crippen LogP contribution in [0.2, 0.25) is 0 Å². The van der Waals surface area contributed by atoms with Gasteiger partial charge in [-0.05, 0) is 40.6 Å². The van der Waals surface area contributed by atoms with Crippen LogP contribution >= 0.6 is 11.3 Å². The van der Waals surface area contributed by atoms with Crippen LogP contribution in [0, 0.1) is 0 Å². The van der Waals surface area contributed by atoms with Gasteiger partial charge in [0.1, 0.15) is 5.75 Å². The number of nitrogens with zero attached hydrogens (tertiary/aromatic N) is 2. The van der Waals surface area contributed by atoms with Gasteiger partial charge in [-0.2, -0.15) is 11.3 Å². The van der Waals surface area contributed by atoms with Crippen molar-refractivity contribution in [3.8, 4) is 5.75 Å². The van der Waals surface area contributed by atoms with E-state index in [0.717, 1.165) is 43.2 Å². The van der Waals surface area contributed by atoms with Crippen LogP contribution in [0.5, 0.6) is 5.75 Å². The minimum absolute atomic E-state index is 0.0795. The van der Waals surface area contributed by atoms with Crippen molar-refractivity contribution in [2.75, 3.05) is 38.2 Å². The van der Waals surface area contributed by atoms with Crippen LogP contribution in [0.4, 0.5) is 5.69 Å². The summed E-state index contributed by atoms with van der Waals surface area (Å²) in [4.78, 5) is 16.4. The fourth-order valence-electron chi connectivity index (χ4n) is 2.70. The first-order valence-electron chi connectivity index (χ1n) is 7.65. The van der Waals surface area contributed by atoms with Gasteiger partial charge in [0.15, 0.2) is 0 Å². The number of anilines is 1. The number of methoxy groups -OCH3 is 1. The highest BCUT2D eigenvalue weighted by atomic mass is 32.1. The SMILES string of the molecule is COc1ccccc1N1CCN(C(=O)/C=C/c2ccsc2)CC1. The molecule has 0 saturated carbocycles.